The summed E-state index contributed by atoms with van der Waals surface area (Å²) in [5.74, 6) is 2.87. The van der Waals surface area contributed by atoms with Crippen LogP contribution in [0.25, 0.3) is 0 Å². The molecule has 0 atom stereocenters. The highest BCUT2D eigenvalue weighted by Gasteiger charge is 2.17. The maximum atomic E-state index is 4.39. The minimum absolute atomic E-state index is 0.852. The number of anilines is 2. The fourth-order valence-corrected chi connectivity index (χ4v) is 2.25. The van der Waals surface area contributed by atoms with Crippen molar-refractivity contribution in [1.82, 2.24) is 9.97 Å². The molecule has 2 heterocycles. The Balaban J connectivity index is 1.94. The maximum absolute atomic E-state index is 4.39. The third-order valence-corrected chi connectivity index (χ3v) is 3.60. The number of nitrogens with one attached hydrogen (secondary N) is 1. The van der Waals surface area contributed by atoms with Crippen LogP contribution in [0.4, 0.5) is 11.6 Å². The first-order valence-corrected chi connectivity index (χ1v) is 7.10. The minimum Gasteiger partial charge on any atom is -0.370 e. The summed E-state index contributed by atoms with van der Waals surface area (Å²) < 4.78 is 0. The summed E-state index contributed by atoms with van der Waals surface area (Å²) in [7, 11) is 0. The lowest BCUT2D eigenvalue weighted by Gasteiger charge is -2.31. The lowest BCUT2D eigenvalue weighted by atomic mass is 9.99. The van der Waals surface area contributed by atoms with Crippen LogP contribution >= 0.6 is 0 Å². The lowest BCUT2D eigenvalue weighted by molar-refractivity contribution is 0.436. The molecule has 2 rings (SSSR count). The lowest BCUT2D eigenvalue weighted by Crippen LogP contribution is -2.33. The van der Waals surface area contributed by atoms with Gasteiger partial charge in [0.1, 0.15) is 18.0 Å². The van der Waals surface area contributed by atoms with E-state index in [1.54, 1.807) is 6.33 Å². The molecule has 0 aromatic carbocycles. The van der Waals surface area contributed by atoms with Crippen LogP contribution in [-0.2, 0) is 0 Å². The van der Waals surface area contributed by atoms with Gasteiger partial charge in [0.2, 0.25) is 0 Å². The third-order valence-electron chi connectivity index (χ3n) is 3.60. The molecule has 0 saturated carbocycles. The van der Waals surface area contributed by atoms with Gasteiger partial charge in [0, 0.05) is 25.7 Å². The summed E-state index contributed by atoms with van der Waals surface area (Å²) in [4.78, 5) is 11.0. The largest absolute Gasteiger partial charge is 0.370 e. The van der Waals surface area contributed by atoms with Crippen LogP contribution in [0.3, 0.4) is 0 Å². The van der Waals surface area contributed by atoms with E-state index in [-0.39, 0.29) is 0 Å². The molecule has 0 radical (unpaired) electrons. The SMILES string of the molecule is CCCCNc1cc(N2CCC(C)CC2)ncn1. The molecular weight excluding hydrogens is 224 g/mol. The van der Waals surface area contributed by atoms with Gasteiger partial charge < -0.3 is 10.2 Å². The normalized spacial score (nSPS) is 16.9. The molecule has 1 fully saturated rings. The van der Waals surface area contributed by atoms with Crippen molar-refractivity contribution >= 4 is 11.6 Å². The van der Waals surface area contributed by atoms with E-state index >= 15 is 0 Å². The molecule has 4 heteroatoms. The average Bonchev–Trinajstić information content (AvgIpc) is 2.40. The summed E-state index contributed by atoms with van der Waals surface area (Å²) >= 11 is 0. The van der Waals surface area contributed by atoms with Gasteiger partial charge >= 0.3 is 0 Å². The standard InChI is InChI=1S/C14H24N4/c1-3-4-7-15-13-10-14(17-11-16-13)18-8-5-12(2)6-9-18/h10-12H,3-9H2,1-2H3,(H,15,16,17). The smallest absolute Gasteiger partial charge is 0.134 e. The predicted molar refractivity (Wildman–Crippen MR) is 76.0 cm³/mol. The molecule has 1 aliphatic heterocycles. The van der Waals surface area contributed by atoms with E-state index in [1.807, 2.05) is 0 Å². The molecule has 18 heavy (non-hydrogen) atoms. The van der Waals surface area contributed by atoms with Crippen molar-refractivity contribution in [3.63, 3.8) is 0 Å². The van der Waals surface area contributed by atoms with Crippen molar-refractivity contribution < 1.29 is 0 Å². The summed E-state index contributed by atoms with van der Waals surface area (Å²) in [6.45, 7) is 7.75. The Bertz CT molecular complexity index is 359. The first-order chi connectivity index (χ1) is 8.79. The summed E-state index contributed by atoms with van der Waals surface area (Å²) in [5, 5.41) is 3.36. The monoisotopic (exact) mass is 248 g/mol. The summed E-state index contributed by atoms with van der Waals surface area (Å²) in [6.07, 6.45) is 6.59. The zero-order chi connectivity index (χ0) is 12.8. The van der Waals surface area contributed by atoms with Gasteiger partial charge in [-0.3, -0.25) is 0 Å². The van der Waals surface area contributed by atoms with Crippen molar-refractivity contribution in [2.75, 3.05) is 29.9 Å². The first kappa shape index (κ1) is 13.1. The Hall–Kier alpha value is -1.32. The Kier molecular flexibility index (Phi) is 4.79. The number of nitrogens with zero attached hydrogens (tertiary/aromatic N) is 3. The van der Waals surface area contributed by atoms with Crippen LogP contribution < -0.4 is 10.2 Å². The van der Waals surface area contributed by atoms with Crippen LogP contribution in [0.15, 0.2) is 12.4 Å². The molecule has 1 saturated heterocycles. The Morgan fingerprint density at radius 1 is 1.33 bits per heavy atom. The van der Waals surface area contributed by atoms with E-state index in [0.29, 0.717) is 0 Å². The molecule has 1 N–H and O–H groups in total. The van der Waals surface area contributed by atoms with E-state index in [0.717, 1.165) is 37.2 Å². The van der Waals surface area contributed by atoms with Crippen LogP contribution in [0.1, 0.15) is 39.5 Å². The van der Waals surface area contributed by atoms with Crippen LogP contribution in [0.5, 0.6) is 0 Å². The third kappa shape index (κ3) is 3.59. The van der Waals surface area contributed by atoms with E-state index in [4.69, 9.17) is 0 Å². The van der Waals surface area contributed by atoms with Gasteiger partial charge in [-0.1, -0.05) is 20.3 Å². The molecule has 1 aromatic heterocycles. The molecule has 4 nitrogen and oxygen atoms in total. The van der Waals surface area contributed by atoms with Gasteiger partial charge in [-0.25, -0.2) is 9.97 Å². The van der Waals surface area contributed by atoms with Crippen molar-refractivity contribution in [2.45, 2.75) is 39.5 Å². The molecule has 0 bridgehead atoms. The first-order valence-electron chi connectivity index (χ1n) is 7.10. The van der Waals surface area contributed by atoms with Gasteiger partial charge in [-0.15, -0.1) is 0 Å². The highest BCUT2D eigenvalue weighted by molar-refractivity contribution is 5.48. The number of hydrogen-bond acceptors (Lipinski definition) is 4. The number of piperidine rings is 1. The van der Waals surface area contributed by atoms with E-state index in [1.165, 1.54) is 25.7 Å². The van der Waals surface area contributed by atoms with Gasteiger partial charge in [-0.05, 0) is 25.2 Å². The minimum atomic E-state index is 0.852. The summed E-state index contributed by atoms with van der Waals surface area (Å²) in [5.41, 5.74) is 0. The zero-order valence-corrected chi connectivity index (χ0v) is 11.5. The second-order valence-corrected chi connectivity index (χ2v) is 5.21. The molecule has 1 aliphatic rings. The quantitative estimate of drug-likeness (QED) is 0.813. The molecule has 0 aliphatic carbocycles. The Morgan fingerprint density at radius 2 is 2.11 bits per heavy atom. The van der Waals surface area contributed by atoms with Crippen molar-refractivity contribution in [3.05, 3.63) is 12.4 Å². The van der Waals surface area contributed by atoms with Gasteiger partial charge in [0.25, 0.3) is 0 Å². The Labute approximate surface area is 110 Å². The zero-order valence-electron chi connectivity index (χ0n) is 11.5. The molecule has 0 amide bonds. The van der Waals surface area contributed by atoms with Crippen LogP contribution in [0.2, 0.25) is 0 Å². The van der Waals surface area contributed by atoms with Gasteiger partial charge in [0.15, 0.2) is 0 Å². The number of hydrogen-bond donors (Lipinski definition) is 1. The molecule has 100 valence electrons. The summed E-state index contributed by atoms with van der Waals surface area (Å²) in [6, 6.07) is 2.08. The second kappa shape index (κ2) is 6.57. The van der Waals surface area contributed by atoms with E-state index in [9.17, 15) is 0 Å². The van der Waals surface area contributed by atoms with Crippen molar-refractivity contribution in [1.29, 1.82) is 0 Å². The topological polar surface area (TPSA) is 41.0 Å². The number of rotatable bonds is 5. The van der Waals surface area contributed by atoms with Crippen molar-refractivity contribution in [3.8, 4) is 0 Å². The fourth-order valence-electron chi connectivity index (χ4n) is 2.25. The second-order valence-electron chi connectivity index (χ2n) is 5.21. The highest BCUT2D eigenvalue weighted by Crippen LogP contribution is 2.22. The average molecular weight is 248 g/mol. The van der Waals surface area contributed by atoms with E-state index < -0.39 is 0 Å². The molecule has 0 spiro atoms. The van der Waals surface area contributed by atoms with Crippen LogP contribution in [0, 0.1) is 5.92 Å². The fraction of sp³-hybridized carbons (Fsp3) is 0.714. The molecule has 0 unspecified atom stereocenters. The van der Waals surface area contributed by atoms with E-state index in [2.05, 4.69) is 40.1 Å². The van der Waals surface area contributed by atoms with Gasteiger partial charge in [0.05, 0.1) is 0 Å². The number of aromatic nitrogens is 2. The molecular formula is C14H24N4. The molecule has 1 aromatic rings. The highest BCUT2D eigenvalue weighted by atomic mass is 15.2. The van der Waals surface area contributed by atoms with Crippen molar-refractivity contribution in [2.24, 2.45) is 5.92 Å². The maximum Gasteiger partial charge on any atom is 0.134 e. The van der Waals surface area contributed by atoms with Gasteiger partial charge in [-0.2, -0.15) is 0 Å². The Morgan fingerprint density at radius 3 is 2.83 bits per heavy atom. The van der Waals surface area contributed by atoms with Crippen LogP contribution in [-0.4, -0.2) is 29.6 Å². The number of unbranched alkanes of at least 4 members (excludes halogenated alkanes) is 1. The predicted octanol–water partition coefficient (Wildman–Crippen LogP) is 2.92.